The number of benzene rings is 1. The average Bonchev–Trinajstić information content (AvgIpc) is 2.75. The minimum absolute atomic E-state index is 0. The number of amides is 1. The fourth-order valence-electron chi connectivity index (χ4n) is 4.24. The van der Waals surface area contributed by atoms with Gasteiger partial charge in [0.2, 0.25) is 0 Å². The minimum Gasteiger partial charge on any atom is -0.432 e. The van der Waals surface area contributed by atoms with E-state index >= 15 is 0 Å². The number of nitrogens with zero attached hydrogens (tertiary/aromatic N) is 2. The van der Waals surface area contributed by atoms with Crippen LogP contribution in [0.15, 0.2) is 24.4 Å². The van der Waals surface area contributed by atoms with E-state index in [1.165, 1.54) is 12.3 Å². The molecule has 164 valence electrons. The van der Waals surface area contributed by atoms with Crippen LogP contribution in [0.5, 0.6) is 5.75 Å². The summed E-state index contributed by atoms with van der Waals surface area (Å²) in [5.41, 5.74) is 0.578. The number of pyridine rings is 1. The Kier molecular flexibility index (Phi) is 6.38. The zero-order valence-electron chi connectivity index (χ0n) is 16.5. The van der Waals surface area contributed by atoms with Gasteiger partial charge in [0.1, 0.15) is 0 Å². The molecule has 2 aromatic rings. The van der Waals surface area contributed by atoms with Gasteiger partial charge in [0.15, 0.2) is 11.6 Å². The molecule has 9 heteroatoms. The predicted octanol–water partition coefficient (Wildman–Crippen LogP) is 3.59. The van der Waals surface area contributed by atoms with Crippen LogP contribution in [0.25, 0.3) is 10.9 Å². The van der Waals surface area contributed by atoms with Gasteiger partial charge in [-0.15, -0.1) is 0 Å². The molecule has 6 nitrogen and oxygen atoms in total. The SMILES string of the molecule is O=C(NC1CCC(N2CCOCC2)CC1)c1cnc2cc(OC(F)F)c(F)cc2c1.[HH]. The van der Waals surface area contributed by atoms with Gasteiger partial charge < -0.3 is 14.8 Å². The molecule has 1 saturated heterocycles. The minimum atomic E-state index is -3.12. The third kappa shape index (κ3) is 4.84. The fraction of sp³-hybridized carbons (Fsp3) is 0.524. The number of carbonyl (C=O) groups excluding carboxylic acids is 1. The molecule has 1 aromatic heterocycles. The Morgan fingerprint density at radius 3 is 2.63 bits per heavy atom. The van der Waals surface area contributed by atoms with Crippen LogP contribution in [0, 0.1) is 5.82 Å². The number of hydrogen-bond donors (Lipinski definition) is 1. The molecule has 0 unspecified atom stereocenters. The average molecular weight is 425 g/mol. The van der Waals surface area contributed by atoms with Crippen molar-refractivity contribution in [3.63, 3.8) is 0 Å². The van der Waals surface area contributed by atoms with Crippen LogP contribution >= 0.6 is 0 Å². The van der Waals surface area contributed by atoms with Gasteiger partial charge >= 0.3 is 6.61 Å². The summed E-state index contributed by atoms with van der Waals surface area (Å²) >= 11 is 0. The molecular formula is C21H26F3N3O3. The molecule has 2 aliphatic rings. The monoisotopic (exact) mass is 425 g/mol. The lowest BCUT2D eigenvalue weighted by molar-refractivity contribution is -0.0520. The first kappa shape index (κ1) is 20.9. The second-order valence-electron chi connectivity index (χ2n) is 7.71. The smallest absolute Gasteiger partial charge is 0.387 e. The Bertz CT molecular complexity index is 904. The van der Waals surface area contributed by atoms with Gasteiger partial charge in [0.25, 0.3) is 5.91 Å². The number of rotatable bonds is 5. The van der Waals surface area contributed by atoms with Gasteiger partial charge in [-0.05, 0) is 37.8 Å². The number of fused-ring (bicyclic) bond motifs is 1. The summed E-state index contributed by atoms with van der Waals surface area (Å²) in [6, 6.07) is 4.28. The topological polar surface area (TPSA) is 63.7 Å². The van der Waals surface area contributed by atoms with Gasteiger partial charge in [0.05, 0.1) is 24.3 Å². The Morgan fingerprint density at radius 1 is 1.20 bits per heavy atom. The van der Waals surface area contributed by atoms with E-state index in [0.717, 1.165) is 64.1 Å². The van der Waals surface area contributed by atoms with Crippen LogP contribution in [0.2, 0.25) is 0 Å². The normalized spacial score (nSPS) is 22.9. The van der Waals surface area contributed by atoms with Crippen LogP contribution in [0.3, 0.4) is 0 Å². The lowest BCUT2D eigenvalue weighted by Gasteiger charge is -2.38. The Morgan fingerprint density at radius 2 is 1.93 bits per heavy atom. The first-order chi connectivity index (χ1) is 14.5. The summed E-state index contributed by atoms with van der Waals surface area (Å²) in [6.07, 6.45) is 5.22. The molecule has 4 rings (SSSR count). The molecule has 1 aliphatic heterocycles. The van der Waals surface area contributed by atoms with Crippen LogP contribution in [-0.4, -0.2) is 60.8 Å². The maximum atomic E-state index is 14.0. The zero-order valence-corrected chi connectivity index (χ0v) is 16.5. The van der Waals surface area contributed by atoms with Crippen LogP contribution in [0.1, 0.15) is 37.5 Å². The molecular weight excluding hydrogens is 399 g/mol. The molecule has 1 amide bonds. The van der Waals surface area contributed by atoms with E-state index in [1.807, 2.05) is 0 Å². The highest BCUT2D eigenvalue weighted by Crippen LogP contribution is 2.27. The third-order valence-electron chi connectivity index (χ3n) is 5.81. The molecule has 1 saturated carbocycles. The van der Waals surface area contributed by atoms with E-state index in [4.69, 9.17) is 4.74 Å². The third-order valence-corrected chi connectivity index (χ3v) is 5.81. The molecule has 1 N–H and O–H groups in total. The molecule has 2 heterocycles. The second kappa shape index (κ2) is 9.18. The van der Waals surface area contributed by atoms with Crippen molar-refractivity contribution in [2.45, 2.75) is 44.4 Å². The van der Waals surface area contributed by atoms with Crippen molar-refractivity contribution in [2.75, 3.05) is 26.3 Å². The van der Waals surface area contributed by atoms with Crippen molar-refractivity contribution in [1.82, 2.24) is 15.2 Å². The van der Waals surface area contributed by atoms with Crippen LogP contribution in [-0.2, 0) is 4.74 Å². The van der Waals surface area contributed by atoms with Crippen molar-refractivity contribution in [2.24, 2.45) is 0 Å². The summed E-state index contributed by atoms with van der Waals surface area (Å²) in [5, 5.41) is 3.38. The number of nitrogens with one attached hydrogen (secondary N) is 1. The van der Waals surface area contributed by atoms with E-state index in [9.17, 15) is 18.0 Å². The van der Waals surface area contributed by atoms with Crippen LogP contribution in [0.4, 0.5) is 13.2 Å². The number of ether oxygens (including phenoxy) is 2. The summed E-state index contributed by atoms with van der Waals surface area (Å²) in [4.78, 5) is 19.2. The highest BCUT2D eigenvalue weighted by Gasteiger charge is 2.27. The Hall–Kier alpha value is -2.39. The van der Waals surface area contributed by atoms with Gasteiger partial charge in [-0.3, -0.25) is 14.7 Å². The summed E-state index contributed by atoms with van der Waals surface area (Å²) in [6.45, 7) is 0.362. The van der Waals surface area contributed by atoms with Gasteiger partial charge in [0, 0.05) is 44.2 Å². The number of morpholine rings is 1. The highest BCUT2D eigenvalue weighted by atomic mass is 19.3. The molecule has 0 radical (unpaired) electrons. The van der Waals surface area contributed by atoms with Crippen molar-refractivity contribution in [3.8, 4) is 5.75 Å². The first-order valence-electron chi connectivity index (χ1n) is 10.2. The molecule has 30 heavy (non-hydrogen) atoms. The lowest BCUT2D eigenvalue weighted by Crippen LogP contribution is -2.47. The molecule has 0 spiro atoms. The van der Waals surface area contributed by atoms with E-state index in [1.54, 1.807) is 0 Å². The molecule has 0 atom stereocenters. The van der Waals surface area contributed by atoms with Crippen molar-refractivity contribution in [1.29, 1.82) is 0 Å². The molecule has 0 bridgehead atoms. The maximum Gasteiger partial charge on any atom is 0.387 e. The summed E-state index contributed by atoms with van der Waals surface area (Å²) in [7, 11) is 0. The summed E-state index contributed by atoms with van der Waals surface area (Å²) < 4.78 is 48.2. The quantitative estimate of drug-likeness (QED) is 0.793. The second-order valence-corrected chi connectivity index (χ2v) is 7.71. The lowest BCUT2D eigenvalue weighted by atomic mass is 9.89. The van der Waals surface area contributed by atoms with Gasteiger partial charge in [-0.2, -0.15) is 8.78 Å². The van der Waals surface area contributed by atoms with Gasteiger partial charge in [-0.25, -0.2) is 4.39 Å². The highest BCUT2D eigenvalue weighted by molar-refractivity contribution is 5.97. The summed E-state index contributed by atoms with van der Waals surface area (Å²) in [5.74, 6) is -1.77. The van der Waals surface area contributed by atoms with Crippen molar-refractivity contribution < 1.29 is 28.9 Å². The Labute approximate surface area is 173 Å². The number of alkyl halides is 2. The largest absolute Gasteiger partial charge is 0.432 e. The maximum absolute atomic E-state index is 14.0. The zero-order chi connectivity index (χ0) is 21.1. The van der Waals surface area contributed by atoms with E-state index in [0.29, 0.717) is 17.0 Å². The van der Waals surface area contributed by atoms with E-state index < -0.39 is 18.2 Å². The molecule has 2 fully saturated rings. The Balaban J connectivity index is 0.00000272. The van der Waals surface area contributed by atoms with Crippen molar-refractivity contribution in [3.05, 3.63) is 35.8 Å². The number of carbonyl (C=O) groups is 1. The van der Waals surface area contributed by atoms with Gasteiger partial charge in [-0.1, -0.05) is 0 Å². The van der Waals surface area contributed by atoms with Crippen LogP contribution < -0.4 is 10.1 Å². The van der Waals surface area contributed by atoms with Crippen molar-refractivity contribution >= 4 is 16.8 Å². The number of aromatic nitrogens is 1. The first-order valence-corrected chi connectivity index (χ1v) is 10.2. The fourth-order valence-corrected chi connectivity index (χ4v) is 4.24. The standard InChI is InChI=1S/C21H24F3N3O3.H2/c22-17-10-13-9-14(12-25-18(13)11-19(17)30-21(23)24)20(28)26-15-1-3-16(4-2-15)27-5-7-29-8-6-27;/h9-12,15-16,21H,1-8H2,(H,26,28);1H. The molecule has 1 aliphatic carbocycles. The number of hydrogen-bond acceptors (Lipinski definition) is 5. The molecule has 1 aromatic carbocycles. The number of halogens is 3. The van der Waals surface area contributed by atoms with E-state index in [2.05, 4.69) is 19.9 Å². The van der Waals surface area contributed by atoms with E-state index in [-0.39, 0.29) is 18.9 Å². The predicted molar refractivity (Wildman–Crippen MR) is 106 cm³/mol.